The zero-order valence-corrected chi connectivity index (χ0v) is 26.6. The number of benzene rings is 5. The van der Waals surface area contributed by atoms with Crippen molar-refractivity contribution < 1.29 is 0 Å². The van der Waals surface area contributed by atoms with Crippen molar-refractivity contribution in [3.05, 3.63) is 162 Å². The van der Waals surface area contributed by atoms with Crippen LogP contribution in [0.25, 0.3) is 32.9 Å². The Morgan fingerprint density at radius 3 is 1.98 bits per heavy atom. The molecule has 2 aliphatic rings. The van der Waals surface area contributed by atoms with E-state index >= 15 is 0 Å². The van der Waals surface area contributed by atoms with E-state index in [1.165, 1.54) is 62.5 Å². The minimum atomic E-state index is 0.0660. The highest BCUT2D eigenvalue weighted by Crippen LogP contribution is 2.50. The van der Waals surface area contributed by atoms with Crippen LogP contribution in [-0.2, 0) is 18.9 Å². The Balaban J connectivity index is 0.000000153. The zero-order valence-electron chi connectivity index (χ0n) is 26.6. The summed E-state index contributed by atoms with van der Waals surface area (Å²) in [7, 11) is 2.17. The average molecular weight is 593 g/mol. The number of hydrazine groups is 1. The largest absolute Gasteiger partial charge is 0.399 e. The summed E-state index contributed by atoms with van der Waals surface area (Å²) in [6, 6.07) is 42.5. The molecule has 1 aromatic heterocycles. The molecule has 0 spiro atoms. The van der Waals surface area contributed by atoms with Crippen molar-refractivity contribution in [2.75, 3.05) is 5.73 Å². The Labute approximate surface area is 267 Å². The van der Waals surface area contributed by atoms with E-state index in [9.17, 15) is 0 Å². The summed E-state index contributed by atoms with van der Waals surface area (Å²) in [6.45, 7) is 4.68. The molecule has 2 aliphatic carbocycles. The quantitative estimate of drug-likeness (QED) is 0.106. The Hall–Kier alpha value is -4.90. The van der Waals surface area contributed by atoms with Gasteiger partial charge in [-0.25, -0.2) is 0 Å². The lowest BCUT2D eigenvalue weighted by atomic mass is 9.82. The highest BCUT2D eigenvalue weighted by Gasteiger charge is 2.35. The van der Waals surface area contributed by atoms with Crippen LogP contribution in [0.2, 0.25) is 0 Å². The Morgan fingerprint density at radius 1 is 0.667 bits per heavy atom. The maximum Gasteiger partial charge on any atom is 0.0492 e. The summed E-state index contributed by atoms with van der Waals surface area (Å²) in [4.78, 5) is 0. The van der Waals surface area contributed by atoms with Crippen molar-refractivity contribution in [3.63, 3.8) is 0 Å². The third-order valence-electron chi connectivity index (χ3n) is 8.79. The minimum Gasteiger partial charge on any atom is -0.399 e. The summed E-state index contributed by atoms with van der Waals surface area (Å²) in [5.74, 6) is 8.00. The molecular weight excluding hydrogens is 548 g/mol. The average Bonchev–Trinajstić information content (AvgIpc) is 3.50. The number of nitrogens with zero attached hydrogens (tertiary/aromatic N) is 1. The van der Waals surface area contributed by atoms with Crippen LogP contribution in [-0.4, -0.2) is 4.57 Å². The molecule has 0 saturated heterocycles. The molecular formula is C41H44N4. The number of hydrogen-bond acceptors (Lipinski definition) is 3. The number of fused-ring (bicyclic) bond motifs is 6. The van der Waals surface area contributed by atoms with Gasteiger partial charge in [0.15, 0.2) is 0 Å². The molecule has 0 unspecified atom stereocenters. The fraction of sp³-hybridized carbons (Fsp3) is 0.171. The van der Waals surface area contributed by atoms with Crippen LogP contribution in [0.3, 0.4) is 0 Å². The molecule has 4 nitrogen and oxygen atoms in total. The first-order valence-corrected chi connectivity index (χ1v) is 15.6. The molecule has 0 fully saturated rings. The van der Waals surface area contributed by atoms with Crippen LogP contribution in [0.4, 0.5) is 5.69 Å². The van der Waals surface area contributed by atoms with Crippen molar-refractivity contribution in [1.82, 2.24) is 4.57 Å². The Bertz CT molecular complexity index is 1930. The van der Waals surface area contributed by atoms with Gasteiger partial charge in [0, 0.05) is 40.0 Å². The van der Waals surface area contributed by atoms with Crippen LogP contribution < -0.4 is 17.4 Å². The standard InChI is InChI=1S/C22H19N.C13H14.C6H7N.H4N2/c1-22(2)18-10-6-4-8-14(18)16-12-17-15-9-5-7-11-20(15)23(3)21(17)13-19(16)22;1-3-7-12(8-4-1)11-13-9-5-2-6-10-13;7-6-4-2-1-3-5-6;1-2/h4-13H,1-3H3;1-5,7-9H,6,10-11H2;1-5H,7H2;1-2H2. The van der Waals surface area contributed by atoms with Crippen LogP contribution in [0.5, 0.6) is 0 Å². The number of nitrogen functional groups attached to an aromatic ring is 1. The number of nitrogens with two attached hydrogens (primary N) is 3. The molecule has 45 heavy (non-hydrogen) atoms. The van der Waals surface area contributed by atoms with Gasteiger partial charge >= 0.3 is 0 Å². The highest BCUT2D eigenvalue weighted by atomic mass is 15.0. The number of anilines is 1. The van der Waals surface area contributed by atoms with Crippen LogP contribution >= 0.6 is 0 Å². The fourth-order valence-electron chi connectivity index (χ4n) is 6.46. The van der Waals surface area contributed by atoms with Gasteiger partial charge in [0.25, 0.3) is 0 Å². The van der Waals surface area contributed by atoms with Crippen LogP contribution in [0, 0.1) is 0 Å². The monoisotopic (exact) mass is 592 g/mol. The Kier molecular flexibility index (Phi) is 9.99. The number of aromatic nitrogens is 1. The fourth-order valence-corrected chi connectivity index (χ4v) is 6.46. The topological polar surface area (TPSA) is 83.0 Å². The molecule has 6 N–H and O–H groups in total. The van der Waals surface area contributed by atoms with Gasteiger partial charge in [-0.2, -0.15) is 0 Å². The summed E-state index contributed by atoms with van der Waals surface area (Å²) in [6.07, 6.45) is 10.2. The lowest BCUT2D eigenvalue weighted by Gasteiger charge is -2.21. The predicted octanol–water partition coefficient (Wildman–Crippen LogP) is 9.23. The lowest BCUT2D eigenvalue weighted by molar-refractivity contribution is 0.661. The third-order valence-corrected chi connectivity index (χ3v) is 8.79. The van der Waals surface area contributed by atoms with E-state index in [0.717, 1.165) is 12.1 Å². The van der Waals surface area contributed by atoms with E-state index in [1.807, 2.05) is 30.3 Å². The molecule has 6 aromatic rings. The highest BCUT2D eigenvalue weighted by molar-refractivity contribution is 6.10. The van der Waals surface area contributed by atoms with Gasteiger partial charge in [0.2, 0.25) is 0 Å². The maximum atomic E-state index is 5.36. The third kappa shape index (κ3) is 6.78. The molecule has 8 rings (SSSR count). The van der Waals surface area contributed by atoms with E-state index in [0.29, 0.717) is 0 Å². The second-order valence-corrected chi connectivity index (χ2v) is 12.0. The maximum absolute atomic E-state index is 5.36. The second-order valence-electron chi connectivity index (χ2n) is 12.0. The molecule has 4 heteroatoms. The molecule has 0 bridgehead atoms. The molecule has 1 heterocycles. The van der Waals surface area contributed by atoms with Gasteiger partial charge in [-0.15, -0.1) is 0 Å². The number of hydrogen-bond donors (Lipinski definition) is 3. The first kappa shape index (κ1) is 31.5. The summed E-state index contributed by atoms with van der Waals surface area (Å²) in [5, 5.41) is 2.70. The summed E-state index contributed by atoms with van der Waals surface area (Å²) in [5.41, 5.74) is 17.5. The van der Waals surface area contributed by atoms with Crippen molar-refractivity contribution in [3.8, 4) is 11.1 Å². The second kappa shape index (κ2) is 14.3. The SMILES string of the molecule is C1=CCCC(Cc2ccccc2)=C1.Cn1c2ccccc2c2cc3c(cc21)C(C)(C)c1ccccc1-3.NN.Nc1ccccc1. The first-order valence-electron chi connectivity index (χ1n) is 15.6. The number of aryl methyl sites for hydroxylation is 1. The lowest BCUT2D eigenvalue weighted by Crippen LogP contribution is -2.14. The zero-order chi connectivity index (χ0) is 31.8. The molecule has 228 valence electrons. The van der Waals surface area contributed by atoms with Crippen LogP contribution in [0.15, 0.2) is 145 Å². The number of allylic oxidation sites excluding steroid dienone is 4. The number of rotatable bonds is 2. The minimum absolute atomic E-state index is 0.0660. The van der Waals surface area contributed by atoms with E-state index < -0.39 is 0 Å². The number of para-hydroxylation sites is 2. The van der Waals surface area contributed by atoms with Crippen molar-refractivity contribution >= 4 is 27.5 Å². The molecule has 0 aliphatic heterocycles. The van der Waals surface area contributed by atoms with Crippen molar-refractivity contribution in [2.45, 2.75) is 38.5 Å². The van der Waals surface area contributed by atoms with Crippen molar-refractivity contribution in [1.29, 1.82) is 0 Å². The molecule has 5 aromatic carbocycles. The van der Waals surface area contributed by atoms with Gasteiger partial charge in [-0.3, -0.25) is 11.7 Å². The van der Waals surface area contributed by atoms with Gasteiger partial charge in [-0.05, 0) is 77.4 Å². The van der Waals surface area contributed by atoms with E-state index in [1.54, 1.807) is 5.57 Å². The van der Waals surface area contributed by atoms with Gasteiger partial charge in [0.05, 0.1) is 0 Å². The van der Waals surface area contributed by atoms with E-state index in [-0.39, 0.29) is 5.41 Å². The smallest absolute Gasteiger partial charge is 0.0492 e. The van der Waals surface area contributed by atoms with E-state index in [2.05, 4.69) is 146 Å². The van der Waals surface area contributed by atoms with Gasteiger partial charge < -0.3 is 10.3 Å². The molecule has 0 atom stereocenters. The van der Waals surface area contributed by atoms with E-state index in [4.69, 9.17) is 5.73 Å². The Morgan fingerprint density at radius 2 is 1.31 bits per heavy atom. The molecule has 0 amide bonds. The first-order chi connectivity index (χ1) is 21.9. The van der Waals surface area contributed by atoms with Crippen molar-refractivity contribution in [2.24, 2.45) is 18.7 Å². The van der Waals surface area contributed by atoms with Gasteiger partial charge in [-0.1, -0.05) is 129 Å². The molecule has 0 radical (unpaired) electrons. The predicted molar refractivity (Wildman–Crippen MR) is 194 cm³/mol. The summed E-state index contributed by atoms with van der Waals surface area (Å²) >= 11 is 0. The van der Waals surface area contributed by atoms with Gasteiger partial charge in [0.1, 0.15) is 0 Å². The summed E-state index contributed by atoms with van der Waals surface area (Å²) < 4.78 is 2.32. The molecule has 0 saturated carbocycles. The van der Waals surface area contributed by atoms with Crippen LogP contribution in [0.1, 0.15) is 43.4 Å². The normalized spacial score (nSPS) is 13.7.